The first-order chi connectivity index (χ1) is 9.01. The minimum absolute atomic E-state index is 0.0927. The molecule has 6 heteroatoms. The summed E-state index contributed by atoms with van der Waals surface area (Å²) in [4.78, 5) is 20.1. The second-order valence-corrected chi connectivity index (χ2v) is 4.21. The molecule has 19 heavy (non-hydrogen) atoms. The summed E-state index contributed by atoms with van der Waals surface area (Å²) in [6.07, 6.45) is 0. The van der Waals surface area contributed by atoms with Gasteiger partial charge in [0.15, 0.2) is 16.9 Å². The molecule has 2 heterocycles. The maximum atomic E-state index is 11.4. The summed E-state index contributed by atoms with van der Waals surface area (Å²) in [6.45, 7) is 8.47. The van der Waals surface area contributed by atoms with Crippen molar-refractivity contribution in [3.05, 3.63) is 17.1 Å². The van der Waals surface area contributed by atoms with Crippen LogP contribution < -0.4 is 4.74 Å². The van der Waals surface area contributed by atoms with Gasteiger partial charge < -0.3 is 14.4 Å². The molecule has 2 rings (SSSR count). The highest BCUT2D eigenvalue weighted by Gasteiger charge is 2.23. The van der Waals surface area contributed by atoms with Gasteiger partial charge in [0.1, 0.15) is 11.4 Å². The zero-order valence-corrected chi connectivity index (χ0v) is 11.5. The van der Waals surface area contributed by atoms with Crippen LogP contribution >= 0.6 is 0 Å². The minimum Gasteiger partial charge on any atom is -0.490 e. The Balaban J connectivity index is 2.88. The van der Waals surface area contributed by atoms with Crippen LogP contribution in [0.1, 0.15) is 35.7 Å². The molecule has 0 atom stereocenters. The van der Waals surface area contributed by atoms with E-state index in [0.29, 0.717) is 29.2 Å². The second kappa shape index (κ2) is 4.87. The van der Waals surface area contributed by atoms with Crippen molar-refractivity contribution < 1.29 is 14.6 Å². The van der Waals surface area contributed by atoms with Crippen LogP contribution in [0, 0.1) is 13.8 Å². The van der Waals surface area contributed by atoms with Gasteiger partial charge in [-0.2, -0.15) is 0 Å². The van der Waals surface area contributed by atoms with Crippen molar-refractivity contribution in [2.24, 2.45) is 0 Å². The molecule has 1 N–H and O–H groups in total. The normalized spacial score (nSPS) is 10.9. The summed E-state index contributed by atoms with van der Waals surface area (Å²) in [5, 5.41) is 9.31. The molecule has 0 aromatic carbocycles. The molecule has 0 bridgehead atoms. The fourth-order valence-electron chi connectivity index (χ4n) is 2.23. The van der Waals surface area contributed by atoms with E-state index in [1.807, 2.05) is 25.3 Å². The molecule has 0 aliphatic carbocycles. The molecule has 6 nitrogen and oxygen atoms in total. The van der Waals surface area contributed by atoms with Gasteiger partial charge in [0.25, 0.3) is 0 Å². The fraction of sp³-hybridized carbons (Fsp3) is 0.462. The van der Waals surface area contributed by atoms with Crippen LogP contribution in [0.15, 0.2) is 0 Å². The summed E-state index contributed by atoms with van der Waals surface area (Å²) in [6, 6.07) is 0. The van der Waals surface area contributed by atoms with E-state index < -0.39 is 5.97 Å². The number of fused-ring (bicyclic) bond motifs is 1. The van der Waals surface area contributed by atoms with Gasteiger partial charge in [-0.05, 0) is 27.7 Å². The molecule has 0 spiro atoms. The minimum atomic E-state index is -1.04. The van der Waals surface area contributed by atoms with Crippen LogP contribution in [0.25, 0.3) is 11.2 Å². The first kappa shape index (κ1) is 13.3. The zero-order valence-electron chi connectivity index (χ0n) is 11.5. The fourth-order valence-corrected chi connectivity index (χ4v) is 2.23. The Bertz CT molecular complexity index is 646. The predicted molar refractivity (Wildman–Crippen MR) is 70.8 cm³/mol. The van der Waals surface area contributed by atoms with Crippen molar-refractivity contribution in [3.8, 4) is 5.75 Å². The number of carboxylic acids is 1. The van der Waals surface area contributed by atoms with Crippen LogP contribution in [0.4, 0.5) is 0 Å². The van der Waals surface area contributed by atoms with E-state index in [2.05, 4.69) is 9.97 Å². The van der Waals surface area contributed by atoms with Crippen molar-refractivity contribution >= 4 is 17.1 Å². The van der Waals surface area contributed by atoms with Crippen LogP contribution in [0.5, 0.6) is 5.75 Å². The highest BCUT2D eigenvalue weighted by molar-refractivity contribution is 5.98. The lowest BCUT2D eigenvalue weighted by molar-refractivity contribution is 0.0691. The van der Waals surface area contributed by atoms with Crippen molar-refractivity contribution in [1.82, 2.24) is 14.5 Å². The lowest BCUT2D eigenvalue weighted by Gasteiger charge is -2.10. The largest absolute Gasteiger partial charge is 0.490 e. The predicted octanol–water partition coefficient (Wildman–Crippen LogP) is 2.16. The molecule has 0 saturated heterocycles. The smallest absolute Gasteiger partial charge is 0.341 e. The highest BCUT2D eigenvalue weighted by atomic mass is 16.5. The summed E-state index contributed by atoms with van der Waals surface area (Å²) in [5.74, 6) is 0.0692. The number of nitrogens with zero attached hydrogens (tertiary/aromatic N) is 3. The Labute approximate surface area is 111 Å². The number of hydrogen-bond acceptors (Lipinski definition) is 4. The number of pyridine rings is 1. The number of aryl methyl sites for hydroxylation is 3. The average Bonchev–Trinajstić information content (AvgIpc) is 2.64. The molecule has 2 aromatic rings. The monoisotopic (exact) mass is 263 g/mol. The van der Waals surface area contributed by atoms with Crippen molar-refractivity contribution in [2.75, 3.05) is 6.61 Å². The van der Waals surface area contributed by atoms with Crippen molar-refractivity contribution in [1.29, 1.82) is 0 Å². The lowest BCUT2D eigenvalue weighted by atomic mass is 10.1. The van der Waals surface area contributed by atoms with Crippen LogP contribution in [-0.2, 0) is 6.54 Å². The number of imidazole rings is 1. The van der Waals surface area contributed by atoms with E-state index in [0.717, 1.165) is 12.4 Å². The van der Waals surface area contributed by atoms with E-state index in [9.17, 15) is 9.90 Å². The zero-order chi connectivity index (χ0) is 14.2. The van der Waals surface area contributed by atoms with E-state index in [1.165, 1.54) is 0 Å². The number of aromatic carboxylic acids is 1. The van der Waals surface area contributed by atoms with Crippen LogP contribution in [-0.4, -0.2) is 32.2 Å². The Kier molecular flexibility index (Phi) is 3.42. The topological polar surface area (TPSA) is 77.2 Å². The van der Waals surface area contributed by atoms with Crippen LogP contribution in [0.2, 0.25) is 0 Å². The third kappa shape index (κ3) is 2.03. The maximum Gasteiger partial charge on any atom is 0.341 e. The van der Waals surface area contributed by atoms with Gasteiger partial charge in [-0.15, -0.1) is 0 Å². The SMILES string of the molecule is CCOc1c(C(=O)O)c(C)nc2c1nc(C)n2CC. The molecule has 0 fully saturated rings. The van der Waals surface area contributed by atoms with E-state index >= 15 is 0 Å². The van der Waals surface area contributed by atoms with Gasteiger partial charge in [0.2, 0.25) is 0 Å². The molecule has 0 aliphatic heterocycles. The molecule has 0 amide bonds. The Morgan fingerprint density at radius 2 is 2.00 bits per heavy atom. The first-order valence-electron chi connectivity index (χ1n) is 6.24. The van der Waals surface area contributed by atoms with E-state index in [1.54, 1.807) is 6.92 Å². The van der Waals surface area contributed by atoms with Gasteiger partial charge in [0, 0.05) is 6.54 Å². The number of ether oxygens (including phenoxy) is 1. The van der Waals surface area contributed by atoms with Gasteiger partial charge in [-0.3, -0.25) is 0 Å². The molecule has 102 valence electrons. The van der Waals surface area contributed by atoms with E-state index in [4.69, 9.17) is 4.74 Å². The summed E-state index contributed by atoms with van der Waals surface area (Å²) in [5.41, 5.74) is 1.73. The molecule has 0 unspecified atom stereocenters. The maximum absolute atomic E-state index is 11.4. The molecular formula is C13H17N3O3. The van der Waals surface area contributed by atoms with Gasteiger partial charge in [-0.1, -0.05) is 0 Å². The third-order valence-corrected chi connectivity index (χ3v) is 3.03. The molecule has 0 saturated carbocycles. The van der Waals surface area contributed by atoms with Crippen molar-refractivity contribution in [3.63, 3.8) is 0 Å². The van der Waals surface area contributed by atoms with Gasteiger partial charge in [0.05, 0.1) is 12.3 Å². The summed E-state index contributed by atoms with van der Waals surface area (Å²) in [7, 11) is 0. The van der Waals surface area contributed by atoms with E-state index in [-0.39, 0.29) is 5.56 Å². The summed E-state index contributed by atoms with van der Waals surface area (Å²) >= 11 is 0. The molecule has 2 aromatic heterocycles. The molecule has 0 aliphatic rings. The highest BCUT2D eigenvalue weighted by Crippen LogP contribution is 2.31. The van der Waals surface area contributed by atoms with Gasteiger partial charge in [-0.25, -0.2) is 14.8 Å². The summed E-state index contributed by atoms with van der Waals surface area (Å²) < 4.78 is 7.45. The molecular weight excluding hydrogens is 246 g/mol. The average molecular weight is 263 g/mol. The Morgan fingerprint density at radius 3 is 2.53 bits per heavy atom. The van der Waals surface area contributed by atoms with Gasteiger partial charge >= 0.3 is 5.97 Å². The second-order valence-electron chi connectivity index (χ2n) is 4.21. The van der Waals surface area contributed by atoms with Crippen LogP contribution in [0.3, 0.4) is 0 Å². The quantitative estimate of drug-likeness (QED) is 0.914. The standard InChI is InChI=1S/C13H17N3O3/c1-5-16-8(4)15-10-11(19-6-2)9(13(17)18)7(3)14-12(10)16/h5-6H2,1-4H3,(H,17,18). The Morgan fingerprint density at radius 1 is 1.32 bits per heavy atom. The number of hydrogen-bond donors (Lipinski definition) is 1. The number of carbonyl (C=O) groups is 1. The number of rotatable bonds is 4. The number of carboxylic acid groups (broad SMARTS) is 1. The lowest BCUT2D eigenvalue weighted by Crippen LogP contribution is -2.08. The number of aromatic nitrogens is 3. The first-order valence-corrected chi connectivity index (χ1v) is 6.24. The molecule has 0 radical (unpaired) electrons. The third-order valence-electron chi connectivity index (χ3n) is 3.03. The Hall–Kier alpha value is -2.11. The van der Waals surface area contributed by atoms with Crippen molar-refractivity contribution in [2.45, 2.75) is 34.2 Å².